The van der Waals surface area contributed by atoms with Gasteiger partial charge < -0.3 is 5.73 Å². The van der Waals surface area contributed by atoms with Crippen molar-refractivity contribution in [1.29, 1.82) is 0 Å². The maximum absolute atomic E-state index is 13.4. The van der Waals surface area contributed by atoms with Crippen LogP contribution in [0.4, 0.5) is 4.39 Å². The van der Waals surface area contributed by atoms with Crippen molar-refractivity contribution in [2.24, 2.45) is 5.73 Å². The number of hydrogen-bond donors (Lipinski definition) is 1. The fourth-order valence-corrected chi connectivity index (χ4v) is 3.24. The van der Waals surface area contributed by atoms with Crippen LogP contribution in [0.3, 0.4) is 0 Å². The van der Waals surface area contributed by atoms with E-state index in [2.05, 4.69) is 32.9 Å². The van der Waals surface area contributed by atoms with Gasteiger partial charge >= 0.3 is 0 Å². The summed E-state index contributed by atoms with van der Waals surface area (Å²) in [7, 11) is 0. The highest BCUT2D eigenvalue weighted by Gasteiger charge is 2.18. The van der Waals surface area contributed by atoms with E-state index >= 15 is 0 Å². The summed E-state index contributed by atoms with van der Waals surface area (Å²) in [4.78, 5) is 0. The monoisotopic (exact) mass is 271 g/mol. The topological polar surface area (TPSA) is 26.0 Å². The van der Waals surface area contributed by atoms with Crippen LogP contribution in [0.5, 0.6) is 0 Å². The Hall–Kier alpha value is -1.67. The maximum Gasteiger partial charge on any atom is 0.123 e. The summed E-state index contributed by atoms with van der Waals surface area (Å²) in [5.74, 6) is -0.201. The second-order valence-corrected chi connectivity index (χ2v) is 5.74. The van der Waals surface area contributed by atoms with Crippen LogP contribution < -0.4 is 5.73 Å². The zero-order valence-corrected chi connectivity index (χ0v) is 12.8. The minimum absolute atomic E-state index is 0.201. The van der Waals surface area contributed by atoms with Crippen molar-refractivity contribution < 1.29 is 4.39 Å². The van der Waals surface area contributed by atoms with Crippen LogP contribution in [0.25, 0.3) is 0 Å². The van der Waals surface area contributed by atoms with Crippen molar-refractivity contribution >= 4 is 0 Å². The Labute approximate surface area is 120 Å². The van der Waals surface area contributed by atoms with E-state index in [-0.39, 0.29) is 11.9 Å². The van der Waals surface area contributed by atoms with Gasteiger partial charge in [-0.2, -0.15) is 0 Å². The Balaban J connectivity index is 2.61. The van der Waals surface area contributed by atoms with Crippen molar-refractivity contribution in [1.82, 2.24) is 0 Å². The lowest BCUT2D eigenvalue weighted by atomic mass is 9.86. The Morgan fingerprint density at radius 1 is 0.750 bits per heavy atom. The predicted octanol–water partition coefficient (Wildman–Crippen LogP) is 4.42. The summed E-state index contributed by atoms with van der Waals surface area (Å²) >= 11 is 0. The van der Waals surface area contributed by atoms with Crippen LogP contribution in [0, 0.1) is 40.4 Å². The van der Waals surface area contributed by atoms with E-state index < -0.39 is 0 Å². The van der Waals surface area contributed by atoms with Gasteiger partial charge in [0.05, 0.1) is 6.04 Å². The first-order valence-corrected chi connectivity index (χ1v) is 6.91. The zero-order valence-electron chi connectivity index (χ0n) is 12.8. The first-order chi connectivity index (χ1) is 9.31. The first-order valence-electron chi connectivity index (χ1n) is 6.91. The minimum atomic E-state index is -0.212. The molecule has 0 radical (unpaired) electrons. The van der Waals surface area contributed by atoms with Crippen molar-refractivity contribution in [3.8, 4) is 0 Å². The van der Waals surface area contributed by atoms with Gasteiger partial charge in [-0.15, -0.1) is 0 Å². The average Bonchev–Trinajstić information content (AvgIpc) is 2.25. The quantitative estimate of drug-likeness (QED) is 0.860. The second-order valence-electron chi connectivity index (χ2n) is 5.74. The highest BCUT2D eigenvalue weighted by Crippen LogP contribution is 2.31. The first kappa shape index (κ1) is 14.7. The molecule has 0 aliphatic carbocycles. The van der Waals surface area contributed by atoms with Gasteiger partial charge in [-0.05, 0) is 80.1 Å². The van der Waals surface area contributed by atoms with Crippen LogP contribution in [0.15, 0.2) is 24.3 Å². The molecule has 0 aliphatic heterocycles. The van der Waals surface area contributed by atoms with E-state index in [4.69, 9.17) is 5.73 Å². The van der Waals surface area contributed by atoms with Crippen molar-refractivity contribution in [2.45, 2.75) is 40.7 Å². The third-order valence-corrected chi connectivity index (χ3v) is 3.92. The molecule has 2 aromatic carbocycles. The summed E-state index contributed by atoms with van der Waals surface area (Å²) in [6.45, 7) is 10.1. The zero-order chi connectivity index (χ0) is 15.0. The normalized spacial score (nSPS) is 12.6. The van der Waals surface area contributed by atoms with Crippen molar-refractivity contribution in [3.05, 3.63) is 69.0 Å². The van der Waals surface area contributed by atoms with Gasteiger partial charge in [-0.3, -0.25) is 0 Å². The van der Waals surface area contributed by atoms with E-state index in [1.807, 2.05) is 13.8 Å². The standard InChI is InChI=1S/C18H22FN/c1-10-6-11(2)16(12(3)7-10)18(20)17-13(4)8-15(19)9-14(17)5/h6-9,18H,20H2,1-5H3. The predicted molar refractivity (Wildman–Crippen MR) is 82.6 cm³/mol. The Morgan fingerprint density at radius 3 is 1.50 bits per heavy atom. The van der Waals surface area contributed by atoms with Gasteiger partial charge in [0.1, 0.15) is 5.82 Å². The molecule has 20 heavy (non-hydrogen) atoms. The molecule has 0 spiro atoms. The van der Waals surface area contributed by atoms with E-state index in [0.29, 0.717) is 0 Å². The molecule has 0 aliphatic rings. The Morgan fingerprint density at radius 2 is 1.10 bits per heavy atom. The highest BCUT2D eigenvalue weighted by atomic mass is 19.1. The fourth-order valence-electron chi connectivity index (χ4n) is 3.24. The van der Waals surface area contributed by atoms with E-state index in [1.165, 1.54) is 16.7 Å². The molecule has 1 atom stereocenters. The lowest BCUT2D eigenvalue weighted by molar-refractivity contribution is 0.623. The average molecular weight is 271 g/mol. The molecule has 106 valence electrons. The summed E-state index contributed by atoms with van der Waals surface area (Å²) in [6.07, 6.45) is 0. The molecular weight excluding hydrogens is 249 g/mol. The highest BCUT2D eigenvalue weighted by molar-refractivity contribution is 5.48. The number of nitrogens with two attached hydrogens (primary N) is 1. The molecule has 0 aromatic heterocycles. The summed E-state index contributed by atoms with van der Waals surface area (Å²) in [6, 6.07) is 7.20. The van der Waals surface area contributed by atoms with Gasteiger partial charge in [0.15, 0.2) is 0 Å². The fraction of sp³-hybridized carbons (Fsp3) is 0.333. The van der Waals surface area contributed by atoms with Crippen LogP contribution in [0.1, 0.15) is 45.0 Å². The van der Waals surface area contributed by atoms with Gasteiger partial charge in [0.25, 0.3) is 0 Å². The lowest BCUT2D eigenvalue weighted by Crippen LogP contribution is -2.18. The molecule has 0 bridgehead atoms. The summed E-state index contributed by atoms with van der Waals surface area (Å²) < 4.78 is 13.4. The van der Waals surface area contributed by atoms with E-state index in [0.717, 1.165) is 22.3 Å². The lowest BCUT2D eigenvalue weighted by Gasteiger charge is -2.22. The molecule has 2 aromatic rings. The molecule has 0 amide bonds. The molecule has 0 saturated heterocycles. The molecular formula is C18H22FN. The minimum Gasteiger partial charge on any atom is -0.320 e. The summed E-state index contributed by atoms with van der Waals surface area (Å²) in [5.41, 5.74) is 14.1. The maximum atomic E-state index is 13.4. The van der Waals surface area contributed by atoms with Crippen molar-refractivity contribution in [2.75, 3.05) is 0 Å². The third kappa shape index (κ3) is 2.61. The molecule has 2 N–H and O–H groups in total. The SMILES string of the molecule is Cc1cc(C)c(C(N)c2c(C)cc(F)cc2C)c(C)c1. The number of halogens is 1. The van der Waals surface area contributed by atoms with Gasteiger partial charge in [-0.25, -0.2) is 4.39 Å². The molecule has 2 rings (SSSR count). The van der Waals surface area contributed by atoms with E-state index in [9.17, 15) is 4.39 Å². The van der Waals surface area contributed by atoms with Gasteiger partial charge in [0.2, 0.25) is 0 Å². The second kappa shape index (κ2) is 5.37. The molecule has 1 nitrogen and oxygen atoms in total. The molecule has 0 fully saturated rings. The van der Waals surface area contributed by atoms with Gasteiger partial charge in [-0.1, -0.05) is 17.7 Å². The Bertz CT molecular complexity index is 555. The van der Waals surface area contributed by atoms with Gasteiger partial charge in [0, 0.05) is 0 Å². The number of hydrogen-bond acceptors (Lipinski definition) is 1. The number of aryl methyl sites for hydroxylation is 5. The van der Waals surface area contributed by atoms with E-state index in [1.54, 1.807) is 12.1 Å². The van der Waals surface area contributed by atoms with Crippen molar-refractivity contribution in [3.63, 3.8) is 0 Å². The molecule has 0 heterocycles. The number of rotatable bonds is 2. The van der Waals surface area contributed by atoms with Crippen LogP contribution in [0.2, 0.25) is 0 Å². The Kier molecular flexibility index (Phi) is 3.96. The molecule has 0 saturated carbocycles. The molecule has 1 unspecified atom stereocenters. The van der Waals surface area contributed by atoms with Crippen LogP contribution >= 0.6 is 0 Å². The molecule has 2 heteroatoms. The smallest absolute Gasteiger partial charge is 0.123 e. The van der Waals surface area contributed by atoms with Crippen LogP contribution in [-0.2, 0) is 0 Å². The van der Waals surface area contributed by atoms with Crippen LogP contribution in [-0.4, -0.2) is 0 Å². The number of benzene rings is 2. The summed E-state index contributed by atoms with van der Waals surface area (Å²) in [5, 5.41) is 0. The third-order valence-electron chi connectivity index (χ3n) is 3.92. The largest absolute Gasteiger partial charge is 0.320 e.